The minimum Gasteiger partial charge on any atom is -0.469 e. The smallest absolute Gasteiger partial charge is 0.307 e. The summed E-state index contributed by atoms with van der Waals surface area (Å²) in [5.41, 5.74) is 1.28. The first-order valence-corrected chi connectivity index (χ1v) is 8.58. The van der Waals surface area contributed by atoms with Crippen LogP contribution in [0.4, 0.5) is 0 Å². The van der Waals surface area contributed by atoms with E-state index in [2.05, 4.69) is 5.32 Å². The van der Waals surface area contributed by atoms with E-state index in [1.165, 1.54) is 7.11 Å². The lowest BCUT2D eigenvalue weighted by molar-refractivity contribution is -0.141. The van der Waals surface area contributed by atoms with Crippen molar-refractivity contribution in [2.24, 2.45) is 0 Å². The van der Waals surface area contributed by atoms with Crippen LogP contribution in [0.3, 0.4) is 0 Å². The maximum atomic E-state index is 12.4. The average Bonchev–Trinajstić information content (AvgIpc) is 2.58. The zero-order valence-corrected chi connectivity index (χ0v) is 15.7. The van der Waals surface area contributed by atoms with Crippen molar-refractivity contribution in [3.05, 3.63) is 68.7 Å². The van der Waals surface area contributed by atoms with E-state index in [1.807, 2.05) is 0 Å². The summed E-state index contributed by atoms with van der Waals surface area (Å²) in [6, 6.07) is 11.4. The largest absolute Gasteiger partial charge is 0.469 e. The van der Waals surface area contributed by atoms with Crippen molar-refractivity contribution in [1.29, 1.82) is 0 Å². The topological polar surface area (TPSA) is 55.4 Å². The third-order valence-electron chi connectivity index (χ3n) is 3.61. The number of rotatable bonds is 6. The van der Waals surface area contributed by atoms with E-state index in [1.54, 1.807) is 42.5 Å². The van der Waals surface area contributed by atoms with E-state index in [0.717, 1.165) is 5.56 Å². The number of esters is 1. The molecule has 0 bridgehead atoms. The fraction of sp³-hybridized carbons (Fsp3) is 0.222. The van der Waals surface area contributed by atoms with Gasteiger partial charge in [-0.3, -0.25) is 9.59 Å². The van der Waals surface area contributed by atoms with E-state index in [9.17, 15) is 9.59 Å². The second-order valence-corrected chi connectivity index (χ2v) is 6.58. The fourth-order valence-electron chi connectivity index (χ4n) is 2.30. The molecule has 1 N–H and O–H groups in total. The molecular formula is C18H16Cl3NO3. The molecule has 1 amide bonds. The van der Waals surface area contributed by atoms with Gasteiger partial charge >= 0.3 is 5.97 Å². The molecule has 0 radical (unpaired) electrons. The monoisotopic (exact) mass is 399 g/mol. The molecule has 1 atom stereocenters. The molecule has 0 aliphatic rings. The zero-order chi connectivity index (χ0) is 18.4. The standard InChI is InChI=1S/C18H16Cl3NO3/c1-25-18(24)10-16(11-5-7-12(19)8-6-11)22-17(23)9-13-14(20)3-2-4-15(13)21/h2-8,16H,9-10H2,1H3,(H,22,23). The first kappa shape index (κ1) is 19.6. The van der Waals surface area contributed by atoms with Crippen molar-refractivity contribution in [2.45, 2.75) is 18.9 Å². The van der Waals surface area contributed by atoms with Gasteiger partial charge in [0.15, 0.2) is 0 Å². The van der Waals surface area contributed by atoms with E-state index in [0.29, 0.717) is 20.6 Å². The Morgan fingerprint density at radius 1 is 1.04 bits per heavy atom. The third kappa shape index (κ3) is 5.63. The van der Waals surface area contributed by atoms with Crippen LogP contribution < -0.4 is 5.32 Å². The van der Waals surface area contributed by atoms with Crippen molar-refractivity contribution in [2.75, 3.05) is 7.11 Å². The van der Waals surface area contributed by atoms with Gasteiger partial charge in [-0.15, -0.1) is 0 Å². The molecule has 0 spiro atoms. The van der Waals surface area contributed by atoms with E-state index < -0.39 is 12.0 Å². The Kier molecular flexibility index (Phi) is 7.12. The van der Waals surface area contributed by atoms with Gasteiger partial charge in [0.1, 0.15) is 0 Å². The van der Waals surface area contributed by atoms with E-state index in [4.69, 9.17) is 39.5 Å². The minimum atomic E-state index is -0.543. The lowest BCUT2D eigenvalue weighted by Crippen LogP contribution is -2.31. The van der Waals surface area contributed by atoms with Gasteiger partial charge in [-0.25, -0.2) is 0 Å². The van der Waals surface area contributed by atoms with Crippen LogP contribution in [0.1, 0.15) is 23.6 Å². The normalized spacial score (nSPS) is 11.7. The number of benzene rings is 2. The van der Waals surface area contributed by atoms with Gasteiger partial charge in [-0.05, 0) is 35.4 Å². The van der Waals surface area contributed by atoms with Crippen LogP contribution in [-0.4, -0.2) is 19.0 Å². The predicted molar refractivity (Wildman–Crippen MR) is 99.1 cm³/mol. The number of ether oxygens (including phenoxy) is 1. The second-order valence-electron chi connectivity index (χ2n) is 5.33. The number of halogens is 3. The molecule has 132 valence electrons. The molecule has 0 heterocycles. The van der Waals surface area contributed by atoms with Crippen LogP contribution >= 0.6 is 34.8 Å². The summed E-state index contributed by atoms with van der Waals surface area (Å²) < 4.78 is 4.71. The lowest BCUT2D eigenvalue weighted by atomic mass is 10.0. The summed E-state index contributed by atoms with van der Waals surface area (Å²) in [5, 5.41) is 4.22. The number of hydrogen-bond donors (Lipinski definition) is 1. The maximum Gasteiger partial charge on any atom is 0.307 e. The molecule has 7 heteroatoms. The molecule has 2 rings (SSSR count). The highest BCUT2D eigenvalue weighted by Crippen LogP contribution is 2.25. The average molecular weight is 401 g/mol. The van der Waals surface area contributed by atoms with Gasteiger partial charge in [-0.1, -0.05) is 53.0 Å². The van der Waals surface area contributed by atoms with Gasteiger partial charge in [-0.2, -0.15) is 0 Å². The molecule has 0 saturated carbocycles. The molecule has 25 heavy (non-hydrogen) atoms. The Hall–Kier alpha value is -1.75. The van der Waals surface area contributed by atoms with Crippen molar-refractivity contribution in [3.8, 4) is 0 Å². The number of carbonyl (C=O) groups excluding carboxylic acids is 2. The summed E-state index contributed by atoms with van der Waals surface area (Å²) in [7, 11) is 1.30. The molecule has 0 fully saturated rings. The van der Waals surface area contributed by atoms with Crippen LogP contribution in [0.5, 0.6) is 0 Å². The molecule has 1 unspecified atom stereocenters. The van der Waals surface area contributed by atoms with Crippen LogP contribution in [0.25, 0.3) is 0 Å². The Morgan fingerprint density at radius 2 is 1.64 bits per heavy atom. The molecule has 4 nitrogen and oxygen atoms in total. The van der Waals surface area contributed by atoms with Crippen molar-refractivity contribution in [3.63, 3.8) is 0 Å². The van der Waals surface area contributed by atoms with Gasteiger partial charge in [0.05, 0.1) is 26.0 Å². The van der Waals surface area contributed by atoms with Crippen molar-refractivity contribution in [1.82, 2.24) is 5.32 Å². The number of methoxy groups -OCH3 is 1. The Bertz CT molecular complexity index is 742. The third-order valence-corrected chi connectivity index (χ3v) is 4.57. The van der Waals surface area contributed by atoms with Gasteiger partial charge in [0, 0.05) is 15.1 Å². The molecule has 0 aliphatic heterocycles. The molecule has 2 aromatic rings. The Labute approximate surface area is 161 Å². The maximum absolute atomic E-state index is 12.4. The van der Waals surface area contributed by atoms with Crippen LogP contribution in [-0.2, 0) is 20.7 Å². The van der Waals surface area contributed by atoms with Crippen molar-refractivity contribution >= 4 is 46.7 Å². The van der Waals surface area contributed by atoms with Gasteiger partial charge in [0.25, 0.3) is 0 Å². The first-order valence-electron chi connectivity index (χ1n) is 7.45. The van der Waals surface area contributed by atoms with Crippen LogP contribution in [0, 0.1) is 0 Å². The van der Waals surface area contributed by atoms with Crippen molar-refractivity contribution < 1.29 is 14.3 Å². The summed E-state index contributed by atoms with van der Waals surface area (Å²) in [6.45, 7) is 0. The number of hydrogen-bond acceptors (Lipinski definition) is 3. The van der Waals surface area contributed by atoms with E-state index in [-0.39, 0.29) is 18.7 Å². The summed E-state index contributed by atoms with van der Waals surface area (Å²) in [6.07, 6.45) is 0.00386. The highest BCUT2D eigenvalue weighted by atomic mass is 35.5. The highest BCUT2D eigenvalue weighted by Gasteiger charge is 2.20. The predicted octanol–water partition coefficient (Wildman–Crippen LogP) is 4.61. The summed E-state index contributed by atoms with van der Waals surface area (Å²) in [4.78, 5) is 24.1. The number of amides is 1. The molecule has 0 aromatic heterocycles. The van der Waals surface area contributed by atoms with Gasteiger partial charge < -0.3 is 10.1 Å². The molecule has 0 aliphatic carbocycles. The summed E-state index contributed by atoms with van der Waals surface area (Å²) >= 11 is 18.1. The highest BCUT2D eigenvalue weighted by molar-refractivity contribution is 6.36. The SMILES string of the molecule is COC(=O)CC(NC(=O)Cc1c(Cl)cccc1Cl)c1ccc(Cl)cc1. The zero-order valence-electron chi connectivity index (χ0n) is 13.4. The molecule has 0 saturated heterocycles. The van der Waals surface area contributed by atoms with E-state index >= 15 is 0 Å². The first-order chi connectivity index (χ1) is 11.9. The van der Waals surface area contributed by atoms with Gasteiger partial charge in [0.2, 0.25) is 5.91 Å². The Morgan fingerprint density at radius 3 is 2.20 bits per heavy atom. The van der Waals surface area contributed by atoms with Crippen LogP contribution in [0.15, 0.2) is 42.5 Å². The number of nitrogens with one attached hydrogen (secondary N) is 1. The second kappa shape index (κ2) is 9.09. The lowest BCUT2D eigenvalue weighted by Gasteiger charge is -2.19. The molecule has 2 aromatic carbocycles. The van der Waals surface area contributed by atoms with Crippen LogP contribution in [0.2, 0.25) is 15.1 Å². The molecular weight excluding hydrogens is 385 g/mol. The Balaban J connectivity index is 2.16. The fourth-order valence-corrected chi connectivity index (χ4v) is 2.96. The number of carbonyl (C=O) groups is 2. The quantitative estimate of drug-likeness (QED) is 0.720. The summed E-state index contributed by atoms with van der Waals surface area (Å²) in [5.74, 6) is -0.741. The minimum absolute atomic E-state index is 0.000125.